The third kappa shape index (κ3) is 4.80. The van der Waals surface area contributed by atoms with E-state index in [0.717, 1.165) is 0 Å². The number of ether oxygens (including phenoxy) is 3. The molecule has 0 radical (unpaired) electrons. The molecule has 0 spiro atoms. The molecule has 0 unspecified atom stereocenters. The minimum atomic E-state index is -2.88. The molecule has 1 aromatic heterocycles. The van der Waals surface area contributed by atoms with E-state index in [1.165, 1.54) is 19.5 Å². The maximum Gasteiger partial charge on any atom is 0.345 e. The summed E-state index contributed by atoms with van der Waals surface area (Å²) in [5, 5.41) is 3.76. The van der Waals surface area contributed by atoms with Gasteiger partial charge in [0.1, 0.15) is 18.8 Å². The van der Waals surface area contributed by atoms with Crippen molar-refractivity contribution < 1.29 is 27.4 Å². The molecule has 3 aromatic rings. The Kier molecular flexibility index (Phi) is 6.60. The Bertz CT molecular complexity index is 1020. The van der Waals surface area contributed by atoms with Crippen LogP contribution in [0.4, 0.5) is 24.7 Å². The summed E-state index contributed by atoms with van der Waals surface area (Å²) in [5.41, 5.74) is 1.01. The Balaban J connectivity index is 1.94. The molecule has 1 heterocycles. The van der Waals surface area contributed by atoms with Crippen molar-refractivity contribution in [2.24, 2.45) is 0 Å². The maximum atomic E-state index is 14.5. The molecule has 0 bridgehead atoms. The van der Waals surface area contributed by atoms with Crippen LogP contribution in [0.15, 0.2) is 30.6 Å². The van der Waals surface area contributed by atoms with Crippen LogP contribution in [0.1, 0.15) is 5.56 Å². The minimum absolute atomic E-state index is 0.117. The molecule has 0 atom stereocenters. The zero-order chi connectivity index (χ0) is 21.0. The van der Waals surface area contributed by atoms with Gasteiger partial charge in [-0.2, -0.15) is 8.78 Å². The highest BCUT2D eigenvalue weighted by Gasteiger charge is 2.15. The number of fused-ring (bicyclic) bond motifs is 1. The zero-order valence-corrected chi connectivity index (χ0v) is 16.3. The molecule has 0 amide bonds. The number of benzene rings is 2. The molecule has 2 aromatic carbocycles. The van der Waals surface area contributed by atoms with Gasteiger partial charge in [-0.3, -0.25) is 0 Å². The molecule has 0 aliphatic rings. The summed E-state index contributed by atoms with van der Waals surface area (Å²) in [6.07, 6.45) is 1.32. The van der Waals surface area contributed by atoms with Gasteiger partial charge in [-0.1, -0.05) is 11.6 Å². The number of nitrogens with zero attached hydrogens (tertiary/aromatic N) is 2. The first-order valence-corrected chi connectivity index (χ1v) is 8.85. The second-order valence-corrected chi connectivity index (χ2v) is 6.29. The Morgan fingerprint density at radius 2 is 1.93 bits per heavy atom. The molecule has 1 N–H and O–H groups in total. The Morgan fingerprint density at radius 1 is 1.14 bits per heavy atom. The van der Waals surface area contributed by atoms with Crippen LogP contribution in [0, 0.1) is 12.7 Å². The third-order valence-electron chi connectivity index (χ3n) is 4.08. The SMILES string of the molecule is COc1cc2ncnc(Nc3ccc(Cl)c(C)c3F)c2cc1OCCOC(F)F. The normalized spacial score (nSPS) is 11.1. The van der Waals surface area contributed by atoms with Crippen molar-refractivity contribution in [2.75, 3.05) is 25.6 Å². The summed E-state index contributed by atoms with van der Waals surface area (Å²) in [6.45, 7) is -1.73. The van der Waals surface area contributed by atoms with Crippen molar-refractivity contribution in [3.05, 3.63) is 47.0 Å². The van der Waals surface area contributed by atoms with Gasteiger partial charge in [0.05, 0.1) is 24.9 Å². The molecule has 10 heteroatoms. The predicted octanol–water partition coefficient (Wildman–Crippen LogP) is 5.10. The van der Waals surface area contributed by atoms with Crippen molar-refractivity contribution in [1.82, 2.24) is 9.97 Å². The van der Waals surface area contributed by atoms with E-state index in [1.54, 1.807) is 25.1 Å². The number of halogens is 4. The first-order valence-electron chi connectivity index (χ1n) is 8.47. The van der Waals surface area contributed by atoms with Crippen LogP contribution < -0.4 is 14.8 Å². The van der Waals surface area contributed by atoms with Crippen molar-refractivity contribution >= 4 is 34.0 Å². The fourth-order valence-electron chi connectivity index (χ4n) is 2.61. The first kappa shape index (κ1) is 20.9. The van der Waals surface area contributed by atoms with E-state index < -0.39 is 12.4 Å². The Morgan fingerprint density at radius 3 is 2.66 bits per heavy atom. The summed E-state index contributed by atoms with van der Waals surface area (Å²) < 4.78 is 53.6. The van der Waals surface area contributed by atoms with Crippen molar-refractivity contribution in [2.45, 2.75) is 13.5 Å². The molecule has 0 aliphatic carbocycles. The van der Waals surface area contributed by atoms with Crippen LogP contribution >= 0.6 is 11.6 Å². The van der Waals surface area contributed by atoms with Gasteiger partial charge in [-0.15, -0.1) is 0 Å². The molecular weight excluding hydrogens is 411 g/mol. The summed E-state index contributed by atoms with van der Waals surface area (Å²) >= 11 is 5.94. The molecule has 0 aliphatic heterocycles. The van der Waals surface area contributed by atoms with Gasteiger partial charge >= 0.3 is 6.61 Å². The molecule has 29 heavy (non-hydrogen) atoms. The minimum Gasteiger partial charge on any atom is -0.493 e. The number of methoxy groups -OCH3 is 1. The van der Waals surface area contributed by atoms with E-state index in [2.05, 4.69) is 20.0 Å². The zero-order valence-electron chi connectivity index (χ0n) is 15.5. The first-order chi connectivity index (χ1) is 13.9. The van der Waals surface area contributed by atoms with Crippen molar-refractivity contribution in [3.63, 3.8) is 0 Å². The molecule has 0 fully saturated rings. The number of rotatable bonds is 8. The molecule has 6 nitrogen and oxygen atoms in total. The second kappa shape index (κ2) is 9.15. The van der Waals surface area contributed by atoms with Crippen molar-refractivity contribution in [3.8, 4) is 11.5 Å². The average molecular weight is 428 g/mol. The Labute approximate surface area is 169 Å². The van der Waals surface area contributed by atoms with Crippen LogP contribution in [0.2, 0.25) is 5.02 Å². The summed E-state index contributed by atoms with van der Waals surface area (Å²) in [7, 11) is 1.44. The lowest BCUT2D eigenvalue weighted by Crippen LogP contribution is -2.10. The van der Waals surface area contributed by atoms with Crippen molar-refractivity contribution in [1.29, 1.82) is 0 Å². The van der Waals surface area contributed by atoms with Gasteiger partial charge in [-0.25, -0.2) is 14.4 Å². The van der Waals surface area contributed by atoms with Crippen LogP contribution in [0.25, 0.3) is 10.9 Å². The van der Waals surface area contributed by atoms with Gasteiger partial charge in [0.2, 0.25) is 0 Å². The summed E-state index contributed by atoms with van der Waals surface area (Å²) in [4.78, 5) is 8.35. The van der Waals surface area contributed by atoms with Crippen LogP contribution in [0.3, 0.4) is 0 Å². The molecule has 154 valence electrons. The third-order valence-corrected chi connectivity index (χ3v) is 4.49. The highest BCUT2D eigenvalue weighted by Crippen LogP contribution is 2.35. The molecule has 0 saturated carbocycles. The van der Waals surface area contributed by atoms with E-state index in [-0.39, 0.29) is 24.7 Å². The predicted molar refractivity (Wildman–Crippen MR) is 103 cm³/mol. The molecule has 0 saturated heterocycles. The van der Waals surface area contributed by atoms with Gasteiger partial charge < -0.3 is 19.5 Å². The standard InChI is InChI=1S/C19H17ClF3N3O3/c1-10-12(20)3-4-13(17(10)21)26-18-11-7-16(28-5-6-29-19(22)23)15(27-2)8-14(11)24-9-25-18/h3-4,7-9,19H,5-6H2,1-2H3,(H,24,25,26). The average Bonchev–Trinajstić information content (AvgIpc) is 2.71. The molecular formula is C19H17ClF3N3O3. The number of hydrogen-bond donors (Lipinski definition) is 1. The van der Waals surface area contributed by atoms with E-state index >= 15 is 0 Å². The fourth-order valence-corrected chi connectivity index (χ4v) is 2.76. The van der Waals surface area contributed by atoms with E-state index in [4.69, 9.17) is 21.1 Å². The van der Waals surface area contributed by atoms with Crippen LogP contribution in [0.5, 0.6) is 11.5 Å². The highest BCUT2D eigenvalue weighted by molar-refractivity contribution is 6.31. The number of anilines is 2. The summed E-state index contributed by atoms with van der Waals surface area (Å²) in [5.74, 6) is 0.460. The maximum absolute atomic E-state index is 14.5. The second-order valence-electron chi connectivity index (χ2n) is 5.88. The topological polar surface area (TPSA) is 65.5 Å². The Hall–Kier alpha value is -2.78. The van der Waals surface area contributed by atoms with Crippen LogP contribution in [-0.2, 0) is 4.74 Å². The van der Waals surface area contributed by atoms with E-state index in [0.29, 0.717) is 33.1 Å². The van der Waals surface area contributed by atoms with Crippen LogP contribution in [-0.4, -0.2) is 36.9 Å². The van der Waals surface area contributed by atoms with Gasteiger partial charge in [0, 0.05) is 22.0 Å². The lowest BCUT2D eigenvalue weighted by Gasteiger charge is -2.14. The van der Waals surface area contributed by atoms with E-state index in [9.17, 15) is 13.2 Å². The number of nitrogens with one attached hydrogen (secondary N) is 1. The summed E-state index contributed by atoms with van der Waals surface area (Å²) in [6, 6.07) is 6.27. The quantitative estimate of drug-likeness (QED) is 0.504. The largest absolute Gasteiger partial charge is 0.493 e. The van der Waals surface area contributed by atoms with Gasteiger partial charge in [0.25, 0.3) is 0 Å². The highest BCUT2D eigenvalue weighted by atomic mass is 35.5. The van der Waals surface area contributed by atoms with E-state index in [1.807, 2.05) is 0 Å². The molecule has 3 rings (SSSR count). The van der Waals surface area contributed by atoms with Gasteiger partial charge in [-0.05, 0) is 25.1 Å². The van der Waals surface area contributed by atoms with Gasteiger partial charge in [0.15, 0.2) is 17.3 Å². The number of aromatic nitrogens is 2. The number of hydrogen-bond acceptors (Lipinski definition) is 6. The number of alkyl halides is 2. The monoisotopic (exact) mass is 427 g/mol. The smallest absolute Gasteiger partial charge is 0.345 e. The lowest BCUT2D eigenvalue weighted by atomic mass is 10.1. The lowest BCUT2D eigenvalue weighted by molar-refractivity contribution is -0.133. The fraction of sp³-hybridized carbons (Fsp3) is 0.263.